The number of alkyl halides is 2. The molecule has 1 saturated carbocycles. The smallest absolute Gasteiger partial charge is 0.322 e. The van der Waals surface area contributed by atoms with Crippen molar-refractivity contribution in [3.63, 3.8) is 0 Å². The lowest BCUT2D eigenvalue weighted by Crippen LogP contribution is -2.31. The molecule has 0 radical (unpaired) electrons. The molecule has 0 unspecified atom stereocenters. The van der Waals surface area contributed by atoms with Gasteiger partial charge in [-0.3, -0.25) is 0 Å². The van der Waals surface area contributed by atoms with Crippen molar-refractivity contribution in [2.45, 2.75) is 32.8 Å². The molecule has 0 aromatic heterocycles. The van der Waals surface area contributed by atoms with Crippen LogP contribution in [0.15, 0.2) is 0 Å². The van der Waals surface area contributed by atoms with E-state index in [1.54, 1.807) is 0 Å². The molecule has 3 heteroatoms. The van der Waals surface area contributed by atoms with Gasteiger partial charge in [0.25, 0.3) is 0 Å². The average Bonchev–Trinajstić information content (AvgIpc) is 1.79. The predicted octanol–water partition coefficient (Wildman–Crippen LogP) is 2.42. The van der Waals surface area contributed by atoms with Crippen molar-refractivity contribution in [2.75, 3.05) is 6.61 Å². The highest BCUT2D eigenvalue weighted by Gasteiger charge is 2.32. The van der Waals surface area contributed by atoms with Crippen molar-refractivity contribution < 1.29 is 13.5 Å². The summed E-state index contributed by atoms with van der Waals surface area (Å²) in [6, 6.07) is 0. The van der Waals surface area contributed by atoms with Crippen LogP contribution < -0.4 is 0 Å². The normalized spacial score (nSPS) is 22.8. The molecule has 0 N–H and O–H groups in total. The Bertz CT molecular complexity index is 110. The quantitative estimate of drug-likeness (QED) is 0.600. The molecule has 0 atom stereocenters. The standard InChI is InChI=1S/C7H12F2O/c1-7(3-2-4-7)5-10-6(8)9/h6H,2-5H2,1H3. The van der Waals surface area contributed by atoms with Gasteiger partial charge >= 0.3 is 6.61 Å². The Morgan fingerprint density at radius 3 is 2.40 bits per heavy atom. The third kappa shape index (κ3) is 1.90. The Morgan fingerprint density at radius 1 is 1.50 bits per heavy atom. The number of hydrogen-bond acceptors (Lipinski definition) is 1. The molecule has 0 spiro atoms. The van der Waals surface area contributed by atoms with Gasteiger partial charge in [-0.2, -0.15) is 8.78 Å². The molecule has 0 heterocycles. The van der Waals surface area contributed by atoms with E-state index in [1.165, 1.54) is 0 Å². The third-order valence-electron chi connectivity index (χ3n) is 2.12. The molecular formula is C7H12F2O. The fraction of sp³-hybridized carbons (Fsp3) is 1.00. The predicted molar refractivity (Wildman–Crippen MR) is 33.9 cm³/mol. The van der Waals surface area contributed by atoms with Gasteiger partial charge in [0.2, 0.25) is 0 Å². The van der Waals surface area contributed by atoms with E-state index in [4.69, 9.17) is 0 Å². The van der Waals surface area contributed by atoms with E-state index in [-0.39, 0.29) is 12.0 Å². The summed E-state index contributed by atoms with van der Waals surface area (Å²) in [5, 5.41) is 0. The van der Waals surface area contributed by atoms with E-state index < -0.39 is 6.61 Å². The van der Waals surface area contributed by atoms with Crippen LogP contribution in [0.3, 0.4) is 0 Å². The van der Waals surface area contributed by atoms with E-state index in [0.717, 1.165) is 19.3 Å². The highest BCUT2D eigenvalue weighted by atomic mass is 19.3. The van der Waals surface area contributed by atoms with Crippen molar-refractivity contribution in [2.24, 2.45) is 5.41 Å². The van der Waals surface area contributed by atoms with Crippen LogP contribution in [0.4, 0.5) is 8.78 Å². The van der Waals surface area contributed by atoms with Crippen LogP contribution in [-0.2, 0) is 4.74 Å². The molecule has 0 aromatic carbocycles. The fourth-order valence-corrected chi connectivity index (χ4v) is 1.19. The minimum atomic E-state index is -2.60. The molecule has 1 fully saturated rings. The Hall–Kier alpha value is -0.180. The number of rotatable bonds is 3. The van der Waals surface area contributed by atoms with E-state index >= 15 is 0 Å². The monoisotopic (exact) mass is 150 g/mol. The second-order valence-electron chi connectivity index (χ2n) is 3.24. The van der Waals surface area contributed by atoms with E-state index in [2.05, 4.69) is 4.74 Å². The summed E-state index contributed by atoms with van der Waals surface area (Å²) in [7, 11) is 0. The van der Waals surface area contributed by atoms with Gasteiger partial charge < -0.3 is 4.74 Å². The first kappa shape index (κ1) is 7.92. The first-order valence-electron chi connectivity index (χ1n) is 3.52. The maximum Gasteiger partial charge on any atom is 0.345 e. The molecule has 0 saturated heterocycles. The van der Waals surface area contributed by atoms with Gasteiger partial charge in [0.1, 0.15) is 0 Å². The summed E-state index contributed by atoms with van der Waals surface area (Å²) in [4.78, 5) is 0. The van der Waals surface area contributed by atoms with Gasteiger partial charge in [0.15, 0.2) is 0 Å². The van der Waals surface area contributed by atoms with Gasteiger partial charge in [0.05, 0.1) is 6.61 Å². The first-order chi connectivity index (χ1) is 4.62. The Balaban J connectivity index is 2.12. The zero-order valence-electron chi connectivity index (χ0n) is 6.07. The SMILES string of the molecule is CC1(COC(F)F)CCC1. The highest BCUT2D eigenvalue weighted by Crippen LogP contribution is 2.40. The molecule has 0 amide bonds. The summed E-state index contributed by atoms with van der Waals surface area (Å²) >= 11 is 0. The van der Waals surface area contributed by atoms with Crippen molar-refractivity contribution in [3.8, 4) is 0 Å². The zero-order chi connectivity index (χ0) is 7.61. The Morgan fingerprint density at radius 2 is 2.10 bits per heavy atom. The van der Waals surface area contributed by atoms with Gasteiger partial charge in [-0.25, -0.2) is 0 Å². The van der Waals surface area contributed by atoms with E-state index in [9.17, 15) is 8.78 Å². The zero-order valence-corrected chi connectivity index (χ0v) is 6.07. The van der Waals surface area contributed by atoms with Crippen LogP contribution in [0, 0.1) is 5.41 Å². The number of ether oxygens (including phenoxy) is 1. The molecule has 60 valence electrons. The van der Waals surface area contributed by atoms with Crippen LogP contribution in [0.2, 0.25) is 0 Å². The maximum atomic E-state index is 11.5. The lowest BCUT2D eigenvalue weighted by atomic mass is 9.71. The van der Waals surface area contributed by atoms with Crippen LogP contribution in [-0.4, -0.2) is 13.2 Å². The Labute approximate surface area is 59.4 Å². The highest BCUT2D eigenvalue weighted by molar-refractivity contribution is 4.82. The molecule has 0 aromatic rings. The van der Waals surface area contributed by atoms with Crippen LogP contribution in [0.25, 0.3) is 0 Å². The molecule has 1 aliphatic rings. The second kappa shape index (κ2) is 2.82. The lowest BCUT2D eigenvalue weighted by molar-refractivity contribution is -0.159. The van der Waals surface area contributed by atoms with Crippen molar-refractivity contribution >= 4 is 0 Å². The molecule has 10 heavy (non-hydrogen) atoms. The van der Waals surface area contributed by atoms with Crippen LogP contribution >= 0.6 is 0 Å². The summed E-state index contributed by atoms with van der Waals surface area (Å²) in [5.74, 6) is 0. The molecule has 0 aliphatic heterocycles. The van der Waals surface area contributed by atoms with E-state index in [0.29, 0.717) is 0 Å². The van der Waals surface area contributed by atoms with Crippen LogP contribution in [0.1, 0.15) is 26.2 Å². The largest absolute Gasteiger partial charge is 0.345 e. The molecule has 0 bridgehead atoms. The van der Waals surface area contributed by atoms with Gasteiger partial charge in [-0.15, -0.1) is 0 Å². The number of hydrogen-bond donors (Lipinski definition) is 0. The van der Waals surface area contributed by atoms with E-state index in [1.807, 2.05) is 6.92 Å². The van der Waals surface area contributed by atoms with Crippen molar-refractivity contribution in [3.05, 3.63) is 0 Å². The number of halogens is 2. The summed E-state index contributed by atoms with van der Waals surface area (Å²) in [6.45, 7) is -0.402. The molecule has 1 aliphatic carbocycles. The maximum absolute atomic E-state index is 11.5. The average molecular weight is 150 g/mol. The summed E-state index contributed by atoms with van der Waals surface area (Å²) in [5.41, 5.74) is 0.0520. The van der Waals surface area contributed by atoms with Crippen LogP contribution in [0.5, 0.6) is 0 Å². The van der Waals surface area contributed by atoms with Crippen molar-refractivity contribution in [1.29, 1.82) is 0 Å². The second-order valence-corrected chi connectivity index (χ2v) is 3.24. The summed E-state index contributed by atoms with van der Waals surface area (Å²) < 4.78 is 27.2. The topological polar surface area (TPSA) is 9.23 Å². The lowest BCUT2D eigenvalue weighted by Gasteiger charge is -2.37. The molecule has 1 nitrogen and oxygen atoms in total. The Kier molecular flexibility index (Phi) is 2.24. The minimum absolute atomic E-state index is 0.0520. The third-order valence-corrected chi connectivity index (χ3v) is 2.12. The molecular weight excluding hydrogens is 138 g/mol. The molecule has 1 rings (SSSR count). The van der Waals surface area contributed by atoms with Gasteiger partial charge in [-0.1, -0.05) is 13.3 Å². The van der Waals surface area contributed by atoms with Gasteiger partial charge in [-0.05, 0) is 18.3 Å². The first-order valence-corrected chi connectivity index (χ1v) is 3.52. The van der Waals surface area contributed by atoms with Gasteiger partial charge in [0, 0.05) is 0 Å². The fourth-order valence-electron chi connectivity index (χ4n) is 1.19. The van der Waals surface area contributed by atoms with Crippen molar-refractivity contribution in [1.82, 2.24) is 0 Å². The summed E-state index contributed by atoms with van der Waals surface area (Å²) in [6.07, 6.45) is 3.21. The minimum Gasteiger partial charge on any atom is -0.322 e.